The molecule has 4 heteroatoms. The minimum absolute atomic E-state index is 0.0933. The Balaban J connectivity index is 1.36. The largest absolute Gasteiger partial charge is 0.469 e. The van der Waals surface area contributed by atoms with Gasteiger partial charge in [-0.1, -0.05) is 12.8 Å². The third-order valence-corrected chi connectivity index (χ3v) is 5.05. The molecule has 2 aliphatic rings. The van der Waals surface area contributed by atoms with E-state index in [-0.39, 0.29) is 6.10 Å². The Labute approximate surface area is 127 Å². The van der Waals surface area contributed by atoms with Gasteiger partial charge in [0.25, 0.3) is 0 Å². The molecule has 1 aliphatic heterocycles. The third kappa shape index (κ3) is 4.09. The molecule has 1 aliphatic carbocycles. The maximum atomic E-state index is 10.2. The Morgan fingerprint density at radius 3 is 2.67 bits per heavy atom. The number of piperazine rings is 1. The summed E-state index contributed by atoms with van der Waals surface area (Å²) >= 11 is 0. The number of aryl methyl sites for hydroxylation is 1. The van der Waals surface area contributed by atoms with E-state index in [2.05, 4.69) is 15.9 Å². The standard InChI is InChI=1S/C17H28N2O2/c20-17-8-2-1-7-16(17)19-12-10-18(11-13-19)9-3-5-15-6-4-14-21-15/h4,6,14,16-17,20H,1-3,5,7-13H2/t16-,17-/m1/s1. The molecule has 1 saturated carbocycles. The van der Waals surface area contributed by atoms with Crippen molar-refractivity contribution in [2.45, 2.75) is 50.7 Å². The number of hydrogen-bond donors (Lipinski definition) is 1. The molecular formula is C17H28N2O2. The first-order chi connectivity index (χ1) is 10.3. The Kier molecular flexibility index (Phi) is 5.33. The molecule has 2 heterocycles. The van der Waals surface area contributed by atoms with Crippen LogP contribution in [0.4, 0.5) is 0 Å². The fourth-order valence-electron chi connectivity index (χ4n) is 3.77. The number of furan rings is 1. The van der Waals surface area contributed by atoms with Crippen LogP contribution in [-0.4, -0.2) is 59.8 Å². The van der Waals surface area contributed by atoms with Gasteiger partial charge in [0.2, 0.25) is 0 Å². The van der Waals surface area contributed by atoms with Gasteiger partial charge in [0.05, 0.1) is 12.4 Å². The van der Waals surface area contributed by atoms with Crippen molar-refractivity contribution in [1.29, 1.82) is 0 Å². The second-order valence-electron chi connectivity index (χ2n) is 6.48. The van der Waals surface area contributed by atoms with E-state index >= 15 is 0 Å². The van der Waals surface area contributed by atoms with Crippen LogP contribution >= 0.6 is 0 Å². The van der Waals surface area contributed by atoms with Crippen molar-refractivity contribution in [2.24, 2.45) is 0 Å². The molecule has 1 saturated heterocycles. The van der Waals surface area contributed by atoms with Gasteiger partial charge < -0.3 is 14.4 Å². The Morgan fingerprint density at radius 2 is 1.95 bits per heavy atom. The van der Waals surface area contributed by atoms with Crippen LogP contribution in [0.1, 0.15) is 37.9 Å². The summed E-state index contributed by atoms with van der Waals surface area (Å²) < 4.78 is 5.38. The molecule has 0 radical (unpaired) electrons. The molecule has 2 atom stereocenters. The molecule has 0 aromatic carbocycles. The topological polar surface area (TPSA) is 39.9 Å². The number of rotatable bonds is 5. The second-order valence-corrected chi connectivity index (χ2v) is 6.48. The molecular weight excluding hydrogens is 264 g/mol. The molecule has 21 heavy (non-hydrogen) atoms. The van der Waals surface area contributed by atoms with Gasteiger partial charge in [-0.25, -0.2) is 0 Å². The molecule has 1 N–H and O–H groups in total. The molecule has 0 amide bonds. The predicted octanol–water partition coefficient (Wildman–Crippen LogP) is 2.13. The monoisotopic (exact) mass is 292 g/mol. The van der Waals surface area contributed by atoms with Crippen molar-refractivity contribution in [2.75, 3.05) is 32.7 Å². The number of nitrogens with zero attached hydrogens (tertiary/aromatic N) is 2. The van der Waals surface area contributed by atoms with Gasteiger partial charge in [-0.05, 0) is 37.9 Å². The molecule has 0 unspecified atom stereocenters. The lowest BCUT2D eigenvalue weighted by Gasteiger charge is -2.42. The summed E-state index contributed by atoms with van der Waals surface area (Å²) in [4.78, 5) is 5.07. The fraction of sp³-hybridized carbons (Fsp3) is 0.765. The SMILES string of the molecule is O[C@@H]1CCCC[C@H]1N1CCN(CCCc2ccco2)CC1. The number of aliphatic hydroxyl groups is 1. The Hall–Kier alpha value is -0.840. The third-order valence-electron chi connectivity index (χ3n) is 5.05. The Bertz CT molecular complexity index is 399. The predicted molar refractivity (Wildman–Crippen MR) is 83.3 cm³/mol. The molecule has 0 bridgehead atoms. The average Bonchev–Trinajstić information content (AvgIpc) is 3.02. The Morgan fingerprint density at radius 1 is 1.14 bits per heavy atom. The highest BCUT2D eigenvalue weighted by Crippen LogP contribution is 2.24. The zero-order chi connectivity index (χ0) is 14.5. The molecule has 4 nitrogen and oxygen atoms in total. The van der Waals surface area contributed by atoms with Crippen LogP contribution < -0.4 is 0 Å². The van der Waals surface area contributed by atoms with Crippen molar-refractivity contribution in [1.82, 2.24) is 9.80 Å². The second kappa shape index (κ2) is 7.43. The quantitative estimate of drug-likeness (QED) is 0.902. The lowest BCUT2D eigenvalue weighted by atomic mass is 9.91. The summed E-state index contributed by atoms with van der Waals surface area (Å²) in [7, 11) is 0. The van der Waals surface area contributed by atoms with E-state index in [1.54, 1.807) is 6.26 Å². The van der Waals surface area contributed by atoms with Gasteiger partial charge in [0, 0.05) is 38.6 Å². The van der Waals surface area contributed by atoms with Crippen molar-refractivity contribution >= 4 is 0 Å². The van der Waals surface area contributed by atoms with Crippen LogP contribution in [0.3, 0.4) is 0 Å². The van der Waals surface area contributed by atoms with Crippen LogP contribution in [-0.2, 0) is 6.42 Å². The zero-order valence-electron chi connectivity index (χ0n) is 12.9. The van der Waals surface area contributed by atoms with E-state index in [0.717, 1.165) is 51.3 Å². The first-order valence-corrected chi connectivity index (χ1v) is 8.50. The highest BCUT2D eigenvalue weighted by Gasteiger charge is 2.30. The van der Waals surface area contributed by atoms with E-state index in [1.807, 2.05) is 6.07 Å². The van der Waals surface area contributed by atoms with Crippen LogP contribution in [0.5, 0.6) is 0 Å². The van der Waals surface area contributed by atoms with Crippen molar-refractivity contribution in [3.8, 4) is 0 Å². The zero-order valence-corrected chi connectivity index (χ0v) is 12.9. The molecule has 118 valence electrons. The van der Waals surface area contributed by atoms with Crippen LogP contribution in [0, 0.1) is 0 Å². The first-order valence-electron chi connectivity index (χ1n) is 8.50. The maximum absolute atomic E-state index is 10.2. The molecule has 2 fully saturated rings. The van der Waals surface area contributed by atoms with E-state index in [4.69, 9.17) is 4.42 Å². The molecule has 3 rings (SSSR count). The molecule has 0 spiro atoms. The fourth-order valence-corrected chi connectivity index (χ4v) is 3.77. The van der Waals surface area contributed by atoms with E-state index in [1.165, 1.54) is 25.7 Å². The lowest BCUT2D eigenvalue weighted by Crippen LogP contribution is -2.54. The van der Waals surface area contributed by atoms with Crippen LogP contribution in [0.15, 0.2) is 22.8 Å². The summed E-state index contributed by atoms with van der Waals surface area (Å²) in [6.07, 6.45) is 8.52. The van der Waals surface area contributed by atoms with Crippen LogP contribution in [0.2, 0.25) is 0 Å². The molecule has 1 aromatic rings. The van der Waals surface area contributed by atoms with E-state index in [9.17, 15) is 5.11 Å². The minimum atomic E-state index is -0.0933. The van der Waals surface area contributed by atoms with Gasteiger partial charge in [-0.2, -0.15) is 0 Å². The normalized spacial score (nSPS) is 28.8. The van der Waals surface area contributed by atoms with Crippen LogP contribution in [0.25, 0.3) is 0 Å². The van der Waals surface area contributed by atoms with E-state index in [0.29, 0.717) is 6.04 Å². The average molecular weight is 292 g/mol. The van der Waals surface area contributed by atoms with Crippen molar-refractivity contribution in [3.05, 3.63) is 24.2 Å². The van der Waals surface area contributed by atoms with Crippen molar-refractivity contribution < 1.29 is 9.52 Å². The van der Waals surface area contributed by atoms with E-state index < -0.39 is 0 Å². The summed E-state index contributed by atoms with van der Waals surface area (Å²) in [6, 6.07) is 4.44. The summed E-state index contributed by atoms with van der Waals surface area (Å²) in [5, 5.41) is 10.2. The smallest absolute Gasteiger partial charge is 0.103 e. The van der Waals surface area contributed by atoms with Crippen molar-refractivity contribution in [3.63, 3.8) is 0 Å². The maximum Gasteiger partial charge on any atom is 0.103 e. The lowest BCUT2D eigenvalue weighted by molar-refractivity contribution is -0.00362. The highest BCUT2D eigenvalue weighted by molar-refractivity contribution is 4.98. The van der Waals surface area contributed by atoms with Gasteiger partial charge >= 0.3 is 0 Å². The highest BCUT2D eigenvalue weighted by atomic mass is 16.3. The molecule has 1 aromatic heterocycles. The van der Waals surface area contributed by atoms with Gasteiger partial charge in [0.1, 0.15) is 5.76 Å². The number of aliphatic hydroxyl groups excluding tert-OH is 1. The number of hydrogen-bond acceptors (Lipinski definition) is 4. The summed E-state index contributed by atoms with van der Waals surface area (Å²) in [5.41, 5.74) is 0. The van der Waals surface area contributed by atoms with Gasteiger partial charge in [0.15, 0.2) is 0 Å². The summed E-state index contributed by atoms with van der Waals surface area (Å²) in [5.74, 6) is 1.10. The first kappa shape index (κ1) is 15.1. The summed E-state index contributed by atoms with van der Waals surface area (Å²) in [6.45, 7) is 5.66. The minimum Gasteiger partial charge on any atom is -0.469 e. The van der Waals surface area contributed by atoms with Gasteiger partial charge in [-0.3, -0.25) is 4.90 Å². The van der Waals surface area contributed by atoms with Gasteiger partial charge in [-0.15, -0.1) is 0 Å².